The largest absolute Gasteiger partial charge is 0.492 e. The van der Waals surface area contributed by atoms with Crippen molar-refractivity contribution in [2.45, 2.75) is 25.5 Å². The van der Waals surface area contributed by atoms with Gasteiger partial charge in [-0.25, -0.2) is 4.39 Å². The second-order valence-corrected chi connectivity index (χ2v) is 5.49. The van der Waals surface area contributed by atoms with E-state index < -0.39 is 0 Å². The molecule has 116 valence electrons. The molecule has 1 aliphatic rings. The van der Waals surface area contributed by atoms with Gasteiger partial charge in [0.15, 0.2) is 0 Å². The standard InChI is InChI=1S/C18H20FNO2/c19-15-5-3-14(4-6-15)12-21-17-7-9-18(10-8-17)22-13-16-2-1-11-20-16/h3-10,16,20H,1-2,11-13H2. The lowest BCUT2D eigenvalue weighted by Gasteiger charge is -2.12. The molecule has 1 saturated heterocycles. The molecule has 3 nitrogen and oxygen atoms in total. The fourth-order valence-electron chi connectivity index (χ4n) is 2.48. The highest BCUT2D eigenvalue weighted by molar-refractivity contribution is 5.31. The SMILES string of the molecule is Fc1ccc(COc2ccc(OCC3CCCN3)cc2)cc1. The second-order valence-electron chi connectivity index (χ2n) is 5.49. The van der Waals surface area contributed by atoms with Crippen LogP contribution >= 0.6 is 0 Å². The first-order valence-electron chi connectivity index (χ1n) is 7.63. The van der Waals surface area contributed by atoms with E-state index in [2.05, 4.69) is 5.32 Å². The summed E-state index contributed by atoms with van der Waals surface area (Å²) in [6.07, 6.45) is 2.41. The Morgan fingerprint density at radius 2 is 1.64 bits per heavy atom. The molecule has 0 bridgehead atoms. The Hall–Kier alpha value is -2.07. The van der Waals surface area contributed by atoms with Gasteiger partial charge in [-0.05, 0) is 61.3 Å². The molecule has 0 amide bonds. The summed E-state index contributed by atoms with van der Waals surface area (Å²) in [5, 5.41) is 3.40. The van der Waals surface area contributed by atoms with Crippen LogP contribution in [0, 0.1) is 5.82 Å². The highest BCUT2D eigenvalue weighted by Crippen LogP contribution is 2.19. The minimum absolute atomic E-state index is 0.234. The maximum atomic E-state index is 12.8. The number of nitrogens with one attached hydrogen (secondary N) is 1. The number of rotatable bonds is 6. The first kappa shape index (κ1) is 14.9. The fraction of sp³-hybridized carbons (Fsp3) is 0.333. The lowest BCUT2D eigenvalue weighted by Crippen LogP contribution is -2.28. The van der Waals surface area contributed by atoms with Gasteiger partial charge >= 0.3 is 0 Å². The third-order valence-corrected chi connectivity index (χ3v) is 3.76. The van der Waals surface area contributed by atoms with E-state index in [1.165, 1.54) is 25.0 Å². The fourth-order valence-corrected chi connectivity index (χ4v) is 2.48. The predicted octanol–water partition coefficient (Wildman–Crippen LogP) is 3.54. The maximum absolute atomic E-state index is 12.8. The first-order valence-corrected chi connectivity index (χ1v) is 7.63. The van der Waals surface area contributed by atoms with E-state index in [0.717, 1.165) is 23.6 Å². The quantitative estimate of drug-likeness (QED) is 0.885. The molecule has 3 rings (SSSR count). The van der Waals surface area contributed by atoms with Crippen LogP contribution in [0.3, 0.4) is 0 Å². The van der Waals surface area contributed by atoms with Crippen molar-refractivity contribution in [3.63, 3.8) is 0 Å². The zero-order chi connectivity index (χ0) is 15.2. The third kappa shape index (κ3) is 4.21. The van der Waals surface area contributed by atoms with Gasteiger partial charge in [0.2, 0.25) is 0 Å². The van der Waals surface area contributed by atoms with Gasteiger partial charge in [-0.15, -0.1) is 0 Å². The Balaban J connectivity index is 1.47. The number of benzene rings is 2. The van der Waals surface area contributed by atoms with Gasteiger partial charge in [0, 0.05) is 6.04 Å². The first-order chi connectivity index (χ1) is 10.8. The molecule has 2 aromatic carbocycles. The summed E-state index contributed by atoms with van der Waals surface area (Å²) in [6.45, 7) is 2.21. The van der Waals surface area contributed by atoms with E-state index in [9.17, 15) is 4.39 Å². The number of hydrogen-bond donors (Lipinski definition) is 1. The zero-order valence-electron chi connectivity index (χ0n) is 12.4. The maximum Gasteiger partial charge on any atom is 0.123 e. The Morgan fingerprint density at radius 1 is 0.955 bits per heavy atom. The molecule has 0 spiro atoms. The van der Waals surface area contributed by atoms with Crippen LogP contribution in [0.25, 0.3) is 0 Å². The molecule has 1 aliphatic heterocycles. The highest BCUT2D eigenvalue weighted by atomic mass is 19.1. The Labute approximate surface area is 130 Å². The molecule has 4 heteroatoms. The summed E-state index contributed by atoms with van der Waals surface area (Å²) in [6, 6.07) is 14.4. The molecule has 2 aromatic rings. The minimum Gasteiger partial charge on any atom is -0.492 e. The second kappa shape index (κ2) is 7.27. The summed E-state index contributed by atoms with van der Waals surface area (Å²) in [5.41, 5.74) is 0.939. The van der Waals surface area contributed by atoms with E-state index in [4.69, 9.17) is 9.47 Å². The molecular formula is C18H20FNO2. The van der Waals surface area contributed by atoms with Crippen LogP contribution in [-0.4, -0.2) is 19.2 Å². The summed E-state index contributed by atoms with van der Waals surface area (Å²) >= 11 is 0. The lowest BCUT2D eigenvalue weighted by molar-refractivity contribution is 0.275. The molecule has 0 aromatic heterocycles. The van der Waals surface area contributed by atoms with Crippen molar-refractivity contribution < 1.29 is 13.9 Å². The van der Waals surface area contributed by atoms with E-state index in [1.54, 1.807) is 12.1 Å². The number of ether oxygens (including phenoxy) is 2. The van der Waals surface area contributed by atoms with Crippen LogP contribution in [0.15, 0.2) is 48.5 Å². The van der Waals surface area contributed by atoms with Gasteiger partial charge in [-0.3, -0.25) is 0 Å². The van der Waals surface area contributed by atoms with Crippen molar-refractivity contribution in [2.24, 2.45) is 0 Å². The van der Waals surface area contributed by atoms with Crippen LogP contribution < -0.4 is 14.8 Å². The summed E-state index contributed by atoms with van der Waals surface area (Å²) in [5.74, 6) is 1.39. The van der Waals surface area contributed by atoms with Gasteiger partial charge < -0.3 is 14.8 Å². The molecule has 1 N–H and O–H groups in total. The number of hydrogen-bond acceptors (Lipinski definition) is 3. The summed E-state index contributed by atoms with van der Waals surface area (Å²) in [7, 11) is 0. The molecule has 1 unspecified atom stereocenters. The van der Waals surface area contributed by atoms with E-state index in [-0.39, 0.29) is 5.82 Å². The Kier molecular flexibility index (Phi) is 4.91. The van der Waals surface area contributed by atoms with Crippen LogP contribution in [0.1, 0.15) is 18.4 Å². The van der Waals surface area contributed by atoms with Crippen LogP contribution in [-0.2, 0) is 6.61 Å². The van der Waals surface area contributed by atoms with Crippen LogP contribution in [0.2, 0.25) is 0 Å². The summed E-state index contributed by atoms with van der Waals surface area (Å²) < 4.78 is 24.3. The van der Waals surface area contributed by atoms with Gasteiger partial charge in [-0.2, -0.15) is 0 Å². The zero-order valence-corrected chi connectivity index (χ0v) is 12.4. The molecule has 1 heterocycles. The predicted molar refractivity (Wildman–Crippen MR) is 83.7 cm³/mol. The van der Waals surface area contributed by atoms with Crippen molar-refractivity contribution in [1.82, 2.24) is 5.32 Å². The Morgan fingerprint density at radius 3 is 2.27 bits per heavy atom. The van der Waals surface area contributed by atoms with Crippen molar-refractivity contribution in [3.05, 3.63) is 59.9 Å². The highest BCUT2D eigenvalue weighted by Gasteiger charge is 2.14. The van der Waals surface area contributed by atoms with E-state index in [1.807, 2.05) is 24.3 Å². The van der Waals surface area contributed by atoms with Crippen molar-refractivity contribution in [1.29, 1.82) is 0 Å². The normalized spacial score (nSPS) is 17.4. The smallest absolute Gasteiger partial charge is 0.123 e. The molecule has 0 saturated carbocycles. The minimum atomic E-state index is -0.234. The van der Waals surface area contributed by atoms with Gasteiger partial charge in [0.05, 0.1) is 0 Å². The topological polar surface area (TPSA) is 30.5 Å². The van der Waals surface area contributed by atoms with Crippen LogP contribution in [0.4, 0.5) is 4.39 Å². The molecule has 0 aliphatic carbocycles. The van der Waals surface area contributed by atoms with Gasteiger partial charge in [0.25, 0.3) is 0 Å². The van der Waals surface area contributed by atoms with E-state index in [0.29, 0.717) is 19.3 Å². The van der Waals surface area contributed by atoms with Crippen molar-refractivity contribution in [3.8, 4) is 11.5 Å². The van der Waals surface area contributed by atoms with Gasteiger partial charge in [0.1, 0.15) is 30.5 Å². The van der Waals surface area contributed by atoms with Crippen LogP contribution in [0.5, 0.6) is 11.5 Å². The average molecular weight is 301 g/mol. The lowest BCUT2D eigenvalue weighted by atomic mass is 10.2. The number of halogens is 1. The van der Waals surface area contributed by atoms with Gasteiger partial charge in [-0.1, -0.05) is 12.1 Å². The molecule has 1 atom stereocenters. The summed E-state index contributed by atoms with van der Waals surface area (Å²) in [4.78, 5) is 0. The van der Waals surface area contributed by atoms with Crippen molar-refractivity contribution in [2.75, 3.05) is 13.2 Å². The Bertz CT molecular complexity index is 577. The molecular weight excluding hydrogens is 281 g/mol. The van der Waals surface area contributed by atoms with Crippen molar-refractivity contribution >= 4 is 0 Å². The third-order valence-electron chi connectivity index (χ3n) is 3.76. The molecule has 22 heavy (non-hydrogen) atoms. The average Bonchev–Trinajstić information content (AvgIpc) is 3.07. The van der Waals surface area contributed by atoms with E-state index >= 15 is 0 Å². The molecule has 0 radical (unpaired) electrons. The monoisotopic (exact) mass is 301 g/mol. The molecule has 1 fully saturated rings.